The van der Waals surface area contributed by atoms with Crippen molar-refractivity contribution in [2.75, 3.05) is 0 Å². The van der Waals surface area contributed by atoms with Crippen LogP contribution in [-0.4, -0.2) is 24.7 Å². The van der Waals surface area contributed by atoms with Gasteiger partial charge < -0.3 is 10.3 Å². The molecule has 0 unspecified atom stereocenters. The van der Waals surface area contributed by atoms with Crippen molar-refractivity contribution in [2.24, 2.45) is 0 Å². The lowest BCUT2D eigenvalue weighted by atomic mass is 10.0. The van der Waals surface area contributed by atoms with Gasteiger partial charge in [-0.1, -0.05) is 31.4 Å². The molecule has 0 atom stereocenters. The first-order valence-electron chi connectivity index (χ1n) is 10.6. The SMILES string of the molecule is C=Cc1nc(-n2[nH]c(CNCc3cccnc3)c(CCc3ccc(F)cc3)c2=O)[nH]c1C=C. The van der Waals surface area contributed by atoms with Crippen molar-refractivity contribution in [3.05, 3.63) is 112 Å². The van der Waals surface area contributed by atoms with Gasteiger partial charge in [-0.25, -0.2) is 9.37 Å². The fourth-order valence-electron chi connectivity index (χ4n) is 3.63. The van der Waals surface area contributed by atoms with Gasteiger partial charge in [0.15, 0.2) is 0 Å². The van der Waals surface area contributed by atoms with Gasteiger partial charge in [0.05, 0.1) is 17.1 Å². The van der Waals surface area contributed by atoms with Gasteiger partial charge in [0.2, 0.25) is 5.95 Å². The smallest absolute Gasteiger partial charge is 0.277 e. The van der Waals surface area contributed by atoms with E-state index in [1.165, 1.54) is 16.8 Å². The molecule has 33 heavy (non-hydrogen) atoms. The summed E-state index contributed by atoms with van der Waals surface area (Å²) in [5.74, 6) is 0.0863. The van der Waals surface area contributed by atoms with Crippen LogP contribution < -0.4 is 10.9 Å². The molecule has 0 bridgehead atoms. The van der Waals surface area contributed by atoms with E-state index in [9.17, 15) is 9.18 Å². The summed E-state index contributed by atoms with van der Waals surface area (Å²) in [4.78, 5) is 25.0. The van der Waals surface area contributed by atoms with Crippen LogP contribution in [0.1, 0.15) is 33.8 Å². The van der Waals surface area contributed by atoms with E-state index < -0.39 is 0 Å². The minimum atomic E-state index is -0.281. The maximum Gasteiger partial charge on any atom is 0.277 e. The molecule has 0 saturated heterocycles. The number of nitrogens with one attached hydrogen (secondary N) is 3. The van der Waals surface area contributed by atoms with Crippen LogP contribution >= 0.6 is 0 Å². The Bertz CT molecular complexity index is 1280. The summed E-state index contributed by atoms with van der Waals surface area (Å²) in [5.41, 5.74) is 4.53. The molecule has 4 rings (SSSR count). The molecular weight excluding hydrogens is 419 g/mol. The van der Waals surface area contributed by atoms with Crippen LogP contribution in [0, 0.1) is 5.82 Å². The molecule has 3 N–H and O–H groups in total. The third-order valence-electron chi connectivity index (χ3n) is 5.36. The van der Waals surface area contributed by atoms with Gasteiger partial charge in [-0.15, -0.1) is 0 Å². The summed E-state index contributed by atoms with van der Waals surface area (Å²) in [5, 5.41) is 6.55. The first-order chi connectivity index (χ1) is 16.1. The van der Waals surface area contributed by atoms with Gasteiger partial charge in [-0.05, 0) is 54.3 Å². The number of aromatic amines is 2. The monoisotopic (exact) mass is 444 g/mol. The molecule has 0 radical (unpaired) electrons. The number of benzene rings is 1. The molecule has 7 nitrogen and oxygen atoms in total. The molecule has 0 aliphatic heterocycles. The van der Waals surface area contributed by atoms with Gasteiger partial charge in [0.25, 0.3) is 5.56 Å². The summed E-state index contributed by atoms with van der Waals surface area (Å²) in [6.45, 7) is 8.60. The summed E-state index contributed by atoms with van der Waals surface area (Å²) in [6.07, 6.45) is 7.88. The molecule has 1 aromatic carbocycles. The molecule has 0 fully saturated rings. The van der Waals surface area contributed by atoms with Gasteiger partial charge in [0, 0.05) is 31.0 Å². The molecule has 0 spiro atoms. The number of hydrogen-bond donors (Lipinski definition) is 3. The minimum absolute atomic E-state index is 0.185. The highest BCUT2D eigenvalue weighted by atomic mass is 19.1. The lowest BCUT2D eigenvalue weighted by Crippen LogP contribution is -2.19. The van der Waals surface area contributed by atoms with Crippen LogP contribution in [0.3, 0.4) is 0 Å². The highest BCUT2D eigenvalue weighted by Crippen LogP contribution is 2.14. The maximum atomic E-state index is 13.3. The number of nitrogens with zero attached hydrogens (tertiary/aromatic N) is 3. The number of aromatic nitrogens is 5. The first-order valence-corrected chi connectivity index (χ1v) is 10.6. The Hall–Kier alpha value is -4.04. The van der Waals surface area contributed by atoms with Crippen molar-refractivity contribution >= 4 is 12.2 Å². The number of rotatable bonds is 10. The highest BCUT2D eigenvalue weighted by molar-refractivity contribution is 5.58. The second-order valence-electron chi connectivity index (χ2n) is 7.57. The number of halogens is 1. The topological polar surface area (TPSA) is 91.4 Å². The van der Waals surface area contributed by atoms with Crippen LogP contribution in [0.15, 0.2) is 66.7 Å². The second-order valence-corrected chi connectivity index (χ2v) is 7.57. The Morgan fingerprint density at radius 1 is 1.06 bits per heavy atom. The predicted molar refractivity (Wildman–Crippen MR) is 127 cm³/mol. The van der Waals surface area contributed by atoms with E-state index in [1.807, 2.05) is 12.1 Å². The molecule has 0 aliphatic rings. The quantitative estimate of drug-likeness (QED) is 0.347. The number of aryl methyl sites for hydroxylation is 1. The average molecular weight is 445 g/mol. The van der Waals surface area contributed by atoms with Gasteiger partial charge in [-0.2, -0.15) is 4.68 Å². The number of hydrogen-bond acceptors (Lipinski definition) is 4. The zero-order valence-electron chi connectivity index (χ0n) is 18.1. The number of imidazole rings is 1. The molecule has 0 aliphatic carbocycles. The molecule has 3 aromatic heterocycles. The molecule has 8 heteroatoms. The van der Waals surface area contributed by atoms with Crippen molar-refractivity contribution in [2.45, 2.75) is 25.9 Å². The molecule has 3 heterocycles. The third kappa shape index (κ3) is 5.07. The predicted octanol–water partition coefficient (Wildman–Crippen LogP) is 3.78. The molecule has 168 valence electrons. The minimum Gasteiger partial charge on any atom is -0.322 e. The van der Waals surface area contributed by atoms with E-state index in [1.54, 1.807) is 36.7 Å². The van der Waals surface area contributed by atoms with Gasteiger partial charge in [-0.3, -0.25) is 14.9 Å². The third-order valence-corrected chi connectivity index (χ3v) is 5.36. The Labute approximate surface area is 190 Å². The zero-order valence-corrected chi connectivity index (χ0v) is 18.1. The normalized spacial score (nSPS) is 10.9. The Balaban J connectivity index is 1.61. The summed E-state index contributed by atoms with van der Waals surface area (Å²) in [6, 6.07) is 10.2. The van der Waals surface area contributed by atoms with Crippen molar-refractivity contribution < 1.29 is 4.39 Å². The van der Waals surface area contributed by atoms with Crippen molar-refractivity contribution in [1.29, 1.82) is 0 Å². The Morgan fingerprint density at radius 3 is 2.55 bits per heavy atom. The zero-order chi connectivity index (χ0) is 23.2. The van der Waals surface area contributed by atoms with E-state index in [-0.39, 0.29) is 11.4 Å². The van der Waals surface area contributed by atoms with Crippen molar-refractivity contribution in [3.63, 3.8) is 0 Å². The fourth-order valence-corrected chi connectivity index (χ4v) is 3.63. The first kappa shape index (κ1) is 22.2. The largest absolute Gasteiger partial charge is 0.322 e. The standard InChI is InChI=1S/C25H25FN6O/c1-3-21-22(4-2)30-25(29-21)32-24(33)20(12-9-17-7-10-19(26)11-8-17)23(31-32)16-28-15-18-6-5-13-27-14-18/h3-8,10-11,13-14,28,31H,1-2,9,12,15-16H2,(H,29,30). The average Bonchev–Trinajstić information content (AvgIpc) is 3.40. The number of pyridine rings is 1. The lowest BCUT2D eigenvalue weighted by molar-refractivity contribution is 0.627. The summed E-state index contributed by atoms with van der Waals surface area (Å²) < 4.78 is 14.6. The van der Waals surface area contributed by atoms with E-state index in [0.29, 0.717) is 48.8 Å². The van der Waals surface area contributed by atoms with Gasteiger partial charge in [0.1, 0.15) is 5.82 Å². The second kappa shape index (κ2) is 10.1. The van der Waals surface area contributed by atoms with Crippen LogP contribution in [0.25, 0.3) is 18.1 Å². The summed E-state index contributed by atoms with van der Waals surface area (Å²) >= 11 is 0. The van der Waals surface area contributed by atoms with E-state index in [2.05, 4.69) is 38.5 Å². The van der Waals surface area contributed by atoms with Crippen molar-refractivity contribution in [1.82, 2.24) is 30.0 Å². The van der Waals surface area contributed by atoms with E-state index >= 15 is 0 Å². The Morgan fingerprint density at radius 2 is 1.88 bits per heavy atom. The lowest BCUT2D eigenvalue weighted by Gasteiger charge is -2.06. The van der Waals surface area contributed by atoms with E-state index in [0.717, 1.165) is 16.8 Å². The fraction of sp³-hybridized carbons (Fsp3) is 0.160. The Kier molecular flexibility index (Phi) is 6.75. The van der Waals surface area contributed by atoms with E-state index in [4.69, 9.17) is 0 Å². The molecule has 0 saturated carbocycles. The maximum absolute atomic E-state index is 13.3. The van der Waals surface area contributed by atoms with Gasteiger partial charge >= 0.3 is 0 Å². The van der Waals surface area contributed by atoms with Crippen molar-refractivity contribution in [3.8, 4) is 5.95 Å². The number of H-pyrrole nitrogens is 2. The van der Waals surface area contributed by atoms with Crippen LogP contribution in [0.4, 0.5) is 4.39 Å². The van der Waals surface area contributed by atoms with Crippen LogP contribution in [0.2, 0.25) is 0 Å². The molecular formula is C25H25FN6O. The summed E-state index contributed by atoms with van der Waals surface area (Å²) in [7, 11) is 0. The van der Waals surface area contributed by atoms with Crippen LogP contribution in [0.5, 0.6) is 0 Å². The molecule has 0 amide bonds. The highest BCUT2D eigenvalue weighted by Gasteiger charge is 2.18. The molecule has 4 aromatic rings. The van der Waals surface area contributed by atoms with Crippen LogP contribution in [-0.2, 0) is 25.9 Å².